The fraction of sp³-hybridized carbons (Fsp3) is 0.500. The van der Waals surface area contributed by atoms with E-state index in [9.17, 15) is 9.59 Å². The molecular formula is C16H17NO4S. The van der Waals surface area contributed by atoms with Gasteiger partial charge in [0, 0.05) is 4.88 Å². The predicted molar refractivity (Wildman–Crippen MR) is 80.1 cm³/mol. The van der Waals surface area contributed by atoms with Gasteiger partial charge in [0.25, 0.3) is 0 Å². The molecule has 5 nitrogen and oxygen atoms in total. The SMILES string of the molecule is CCOC(=O)[C@@H]1[C@H]2C(=O)N(Cc3cccs3)C[C@]23C=C[C@H]1O3. The molecule has 4 atom stereocenters. The number of carbonyl (C=O) groups is 2. The van der Waals surface area contributed by atoms with E-state index in [1.807, 2.05) is 29.7 Å². The number of thiophene rings is 1. The second-order valence-electron chi connectivity index (χ2n) is 5.93. The molecule has 6 heteroatoms. The van der Waals surface area contributed by atoms with Crippen molar-refractivity contribution in [1.82, 2.24) is 4.90 Å². The Labute approximate surface area is 132 Å². The smallest absolute Gasteiger partial charge is 0.312 e. The van der Waals surface area contributed by atoms with Crippen LogP contribution in [0.25, 0.3) is 0 Å². The first kappa shape index (κ1) is 14.0. The quantitative estimate of drug-likeness (QED) is 0.625. The van der Waals surface area contributed by atoms with Crippen molar-refractivity contribution in [3.8, 4) is 0 Å². The molecule has 4 rings (SSSR count). The van der Waals surface area contributed by atoms with E-state index in [0.29, 0.717) is 19.7 Å². The molecule has 0 unspecified atom stereocenters. The monoisotopic (exact) mass is 319 g/mol. The van der Waals surface area contributed by atoms with Gasteiger partial charge in [-0.1, -0.05) is 18.2 Å². The summed E-state index contributed by atoms with van der Waals surface area (Å²) in [6, 6.07) is 3.99. The van der Waals surface area contributed by atoms with Gasteiger partial charge < -0.3 is 14.4 Å². The van der Waals surface area contributed by atoms with E-state index in [-0.39, 0.29) is 18.0 Å². The molecule has 2 bridgehead atoms. The van der Waals surface area contributed by atoms with Crippen LogP contribution in [-0.4, -0.2) is 41.6 Å². The van der Waals surface area contributed by atoms with Crippen molar-refractivity contribution in [3.63, 3.8) is 0 Å². The minimum atomic E-state index is -0.642. The van der Waals surface area contributed by atoms with Crippen LogP contribution in [0.3, 0.4) is 0 Å². The van der Waals surface area contributed by atoms with Crippen LogP contribution < -0.4 is 0 Å². The van der Waals surface area contributed by atoms with Gasteiger partial charge in [-0.05, 0) is 18.4 Å². The molecule has 0 N–H and O–H groups in total. The molecule has 0 aliphatic carbocycles. The number of hydrogen-bond acceptors (Lipinski definition) is 5. The third-order valence-corrected chi connectivity index (χ3v) is 5.53. The van der Waals surface area contributed by atoms with Crippen LogP contribution in [0, 0.1) is 11.8 Å². The number of rotatable bonds is 4. The lowest BCUT2D eigenvalue weighted by atomic mass is 9.77. The average Bonchev–Trinajstić information content (AvgIpc) is 3.23. The van der Waals surface area contributed by atoms with Crippen molar-refractivity contribution < 1.29 is 19.1 Å². The molecule has 3 aliphatic rings. The molecule has 1 aromatic rings. The van der Waals surface area contributed by atoms with Gasteiger partial charge in [0.05, 0.1) is 31.7 Å². The Balaban J connectivity index is 1.61. The van der Waals surface area contributed by atoms with Gasteiger partial charge >= 0.3 is 5.97 Å². The number of nitrogens with zero attached hydrogens (tertiary/aromatic N) is 1. The summed E-state index contributed by atoms with van der Waals surface area (Å²) in [5.74, 6) is -1.28. The van der Waals surface area contributed by atoms with E-state index in [1.54, 1.807) is 23.2 Å². The van der Waals surface area contributed by atoms with Gasteiger partial charge in [0.2, 0.25) is 5.91 Å². The number of amides is 1. The molecule has 1 amide bonds. The number of fused-ring (bicyclic) bond motifs is 1. The zero-order valence-electron chi connectivity index (χ0n) is 12.2. The molecule has 2 fully saturated rings. The molecule has 2 saturated heterocycles. The molecule has 3 aliphatic heterocycles. The highest BCUT2D eigenvalue weighted by molar-refractivity contribution is 7.09. The summed E-state index contributed by atoms with van der Waals surface area (Å²) in [5.41, 5.74) is -0.642. The van der Waals surface area contributed by atoms with Crippen LogP contribution >= 0.6 is 11.3 Å². The van der Waals surface area contributed by atoms with Crippen molar-refractivity contribution >= 4 is 23.2 Å². The summed E-state index contributed by atoms with van der Waals surface area (Å²) in [6.45, 7) is 3.18. The number of esters is 1. The summed E-state index contributed by atoms with van der Waals surface area (Å²) in [4.78, 5) is 28.0. The molecule has 0 radical (unpaired) electrons. The molecule has 22 heavy (non-hydrogen) atoms. The van der Waals surface area contributed by atoms with Crippen LogP contribution in [0.2, 0.25) is 0 Å². The van der Waals surface area contributed by atoms with E-state index < -0.39 is 17.4 Å². The first-order chi connectivity index (χ1) is 10.6. The van der Waals surface area contributed by atoms with Crippen molar-refractivity contribution in [2.75, 3.05) is 13.2 Å². The van der Waals surface area contributed by atoms with Gasteiger partial charge in [0.1, 0.15) is 11.5 Å². The Morgan fingerprint density at radius 3 is 3.18 bits per heavy atom. The third kappa shape index (κ3) is 1.87. The zero-order valence-corrected chi connectivity index (χ0v) is 13.0. The fourth-order valence-electron chi connectivity index (χ4n) is 3.81. The number of carbonyl (C=O) groups excluding carboxylic acids is 2. The Hall–Kier alpha value is -1.66. The molecule has 1 aromatic heterocycles. The maximum atomic E-state index is 12.8. The summed E-state index contributed by atoms with van der Waals surface area (Å²) in [7, 11) is 0. The van der Waals surface area contributed by atoms with Crippen molar-refractivity contribution in [3.05, 3.63) is 34.5 Å². The minimum Gasteiger partial charge on any atom is -0.466 e. The zero-order chi connectivity index (χ0) is 15.3. The van der Waals surface area contributed by atoms with Gasteiger partial charge in [-0.3, -0.25) is 9.59 Å². The standard InChI is InChI=1S/C16H17NO4S/c1-2-20-15(19)12-11-5-6-16(21-11)9-17(14(18)13(12)16)8-10-4-3-7-22-10/h3-7,11-13H,2,8-9H2,1H3/t11-,12+,13+,16-/m1/s1. The van der Waals surface area contributed by atoms with Crippen LogP contribution in [0.15, 0.2) is 29.7 Å². The van der Waals surface area contributed by atoms with E-state index in [2.05, 4.69) is 0 Å². The Morgan fingerprint density at radius 2 is 2.45 bits per heavy atom. The van der Waals surface area contributed by atoms with Crippen LogP contribution in [0.5, 0.6) is 0 Å². The topological polar surface area (TPSA) is 55.8 Å². The van der Waals surface area contributed by atoms with E-state index in [1.165, 1.54) is 0 Å². The highest BCUT2D eigenvalue weighted by Crippen LogP contribution is 2.52. The molecule has 116 valence electrons. The molecule has 1 spiro atoms. The minimum absolute atomic E-state index is 0.00157. The van der Waals surface area contributed by atoms with Crippen molar-refractivity contribution in [2.24, 2.45) is 11.8 Å². The summed E-state index contributed by atoms with van der Waals surface area (Å²) in [5, 5.41) is 2.00. The molecule has 0 aromatic carbocycles. The Kier molecular flexibility index (Phi) is 3.13. The van der Waals surface area contributed by atoms with E-state index in [0.717, 1.165) is 4.88 Å². The van der Waals surface area contributed by atoms with Crippen LogP contribution in [0.1, 0.15) is 11.8 Å². The largest absolute Gasteiger partial charge is 0.466 e. The molecular weight excluding hydrogens is 302 g/mol. The third-order valence-electron chi connectivity index (χ3n) is 4.66. The van der Waals surface area contributed by atoms with Gasteiger partial charge in [0.15, 0.2) is 0 Å². The number of hydrogen-bond donors (Lipinski definition) is 0. The maximum absolute atomic E-state index is 12.8. The summed E-state index contributed by atoms with van der Waals surface area (Å²) >= 11 is 1.63. The first-order valence-corrected chi connectivity index (χ1v) is 8.37. The lowest BCUT2D eigenvalue weighted by Gasteiger charge is -2.22. The van der Waals surface area contributed by atoms with Gasteiger partial charge in [-0.15, -0.1) is 11.3 Å². The molecule has 4 heterocycles. The normalized spacial score (nSPS) is 35.2. The highest BCUT2D eigenvalue weighted by Gasteiger charge is 2.67. The highest BCUT2D eigenvalue weighted by atomic mass is 32.1. The number of likely N-dealkylation sites (tertiary alicyclic amines) is 1. The second-order valence-corrected chi connectivity index (χ2v) is 6.96. The molecule has 0 saturated carbocycles. The summed E-state index contributed by atoms with van der Waals surface area (Å²) < 4.78 is 11.2. The van der Waals surface area contributed by atoms with E-state index >= 15 is 0 Å². The Morgan fingerprint density at radius 1 is 1.59 bits per heavy atom. The predicted octanol–water partition coefficient (Wildman–Crippen LogP) is 1.59. The lowest BCUT2D eigenvalue weighted by Crippen LogP contribution is -2.39. The second kappa shape index (κ2) is 4.93. The first-order valence-electron chi connectivity index (χ1n) is 7.49. The maximum Gasteiger partial charge on any atom is 0.312 e. The number of ether oxygens (including phenoxy) is 2. The van der Waals surface area contributed by atoms with Crippen LogP contribution in [-0.2, 0) is 25.6 Å². The fourth-order valence-corrected chi connectivity index (χ4v) is 4.53. The lowest BCUT2D eigenvalue weighted by molar-refractivity contribution is -0.153. The van der Waals surface area contributed by atoms with Crippen molar-refractivity contribution in [2.45, 2.75) is 25.2 Å². The van der Waals surface area contributed by atoms with E-state index in [4.69, 9.17) is 9.47 Å². The average molecular weight is 319 g/mol. The summed E-state index contributed by atoms with van der Waals surface area (Å²) in [6.07, 6.45) is 3.54. The van der Waals surface area contributed by atoms with Gasteiger partial charge in [-0.25, -0.2) is 0 Å². The van der Waals surface area contributed by atoms with Gasteiger partial charge in [-0.2, -0.15) is 0 Å². The Bertz CT molecular complexity index is 641. The van der Waals surface area contributed by atoms with Crippen molar-refractivity contribution in [1.29, 1.82) is 0 Å². The van der Waals surface area contributed by atoms with Crippen LogP contribution in [0.4, 0.5) is 0 Å².